The van der Waals surface area contributed by atoms with Gasteiger partial charge in [0.15, 0.2) is 0 Å². The summed E-state index contributed by atoms with van der Waals surface area (Å²) in [4.78, 5) is 23.2. The molecule has 0 radical (unpaired) electrons. The third kappa shape index (κ3) is 5.49. The summed E-state index contributed by atoms with van der Waals surface area (Å²) in [7, 11) is 0. The first-order valence-electron chi connectivity index (χ1n) is 6.47. The quantitative estimate of drug-likeness (QED) is 0.594. The van der Waals surface area contributed by atoms with Crippen LogP contribution in [0.4, 0.5) is 0 Å². The van der Waals surface area contributed by atoms with E-state index in [4.69, 9.17) is 14.2 Å². The minimum Gasteiger partial charge on any atom is -0.463 e. The minimum atomic E-state index is -1.30. The predicted molar refractivity (Wildman–Crippen MR) is 67.1 cm³/mol. The predicted octanol–water partition coefficient (Wildman–Crippen LogP) is 2.08. The summed E-state index contributed by atoms with van der Waals surface area (Å²) in [5.41, 5.74) is -1.30. The van der Waals surface area contributed by atoms with Gasteiger partial charge >= 0.3 is 11.9 Å². The summed E-state index contributed by atoms with van der Waals surface area (Å²) >= 11 is 0. The molecule has 106 valence electrons. The van der Waals surface area contributed by atoms with Gasteiger partial charge < -0.3 is 14.2 Å². The van der Waals surface area contributed by atoms with Gasteiger partial charge in [-0.2, -0.15) is 0 Å². The van der Waals surface area contributed by atoms with Crippen LogP contribution in [-0.4, -0.2) is 37.4 Å². The van der Waals surface area contributed by atoms with Crippen molar-refractivity contribution in [2.75, 3.05) is 19.8 Å². The fraction of sp³-hybridized carbons (Fsp3) is 0.846. The third-order valence-electron chi connectivity index (χ3n) is 2.46. The highest BCUT2D eigenvalue weighted by Gasteiger charge is 2.43. The summed E-state index contributed by atoms with van der Waals surface area (Å²) in [6, 6.07) is 0. The van der Waals surface area contributed by atoms with Crippen LogP contribution in [0.15, 0.2) is 0 Å². The van der Waals surface area contributed by atoms with Gasteiger partial charge in [0.2, 0.25) is 5.60 Å². The first kappa shape index (κ1) is 16.9. The highest BCUT2D eigenvalue weighted by Crippen LogP contribution is 2.23. The molecule has 0 fully saturated rings. The number of hydrogen-bond donors (Lipinski definition) is 0. The normalized spacial score (nSPS) is 13.8. The second-order valence-corrected chi connectivity index (χ2v) is 4.05. The molecule has 0 aliphatic rings. The number of unbranched alkanes of at least 4 members (excludes halogenated alkanes) is 1. The van der Waals surface area contributed by atoms with Crippen molar-refractivity contribution in [3.05, 3.63) is 0 Å². The van der Waals surface area contributed by atoms with E-state index in [1.165, 1.54) is 6.92 Å². The molecule has 0 saturated heterocycles. The van der Waals surface area contributed by atoms with Crippen LogP contribution in [0.2, 0.25) is 0 Å². The Labute approximate surface area is 109 Å². The van der Waals surface area contributed by atoms with Crippen LogP contribution in [0.1, 0.15) is 47.0 Å². The van der Waals surface area contributed by atoms with Crippen molar-refractivity contribution in [3.63, 3.8) is 0 Å². The lowest BCUT2D eigenvalue weighted by molar-refractivity contribution is -0.189. The number of ether oxygens (including phenoxy) is 3. The maximum atomic E-state index is 12.0. The number of carbonyl (C=O) groups is 2. The van der Waals surface area contributed by atoms with Crippen LogP contribution in [-0.2, 0) is 23.8 Å². The number of hydrogen-bond acceptors (Lipinski definition) is 5. The van der Waals surface area contributed by atoms with Crippen molar-refractivity contribution in [1.29, 1.82) is 0 Å². The largest absolute Gasteiger partial charge is 0.463 e. The van der Waals surface area contributed by atoms with E-state index in [0.29, 0.717) is 13.0 Å². The van der Waals surface area contributed by atoms with E-state index < -0.39 is 17.5 Å². The lowest BCUT2D eigenvalue weighted by Crippen LogP contribution is -2.48. The van der Waals surface area contributed by atoms with Crippen molar-refractivity contribution in [3.8, 4) is 0 Å². The van der Waals surface area contributed by atoms with E-state index >= 15 is 0 Å². The van der Waals surface area contributed by atoms with Gasteiger partial charge in [-0.15, -0.1) is 0 Å². The van der Waals surface area contributed by atoms with E-state index in [1.54, 1.807) is 6.92 Å². The van der Waals surface area contributed by atoms with E-state index in [-0.39, 0.29) is 13.2 Å². The first-order chi connectivity index (χ1) is 8.52. The van der Waals surface area contributed by atoms with Crippen molar-refractivity contribution in [2.24, 2.45) is 0 Å². The minimum absolute atomic E-state index is 0.0436. The van der Waals surface area contributed by atoms with Crippen LogP contribution >= 0.6 is 0 Å². The zero-order chi connectivity index (χ0) is 14.0. The van der Waals surface area contributed by atoms with Crippen LogP contribution in [0.25, 0.3) is 0 Å². The van der Waals surface area contributed by atoms with Crippen molar-refractivity contribution in [2.45, 2.75) is 52.6 Å². The van der Waals surface area contributed by atoms with Gasteiger partial charge in [0.1, 0.15) is 0 Å². The van der Waals surface area contributed by atoms with Crippen molar-refractivity contribution >= 4 is 11.9 Å². The fourth-order valence-electron chi connectivity index (χ4n) is 1.62. The van der Waals surface area contributed by atoms with Gasteiger partial charge in [0.25, 0.3) is 0 Å². The molecule has 0 aliphatic carbocycles. The van der Waals surface area contributed by atoms with Gasteiger partial charge in [0.05, 0.1) is 13.2 Å². The molecule has 0 aromatic carbocycles. The average molecular weight is 260 g/mol. The molecule has 0 heterocycles. The van der Waals surface area contributed by atoms with Crippen LogP contribution < -0.4 is 0 Å². The lowest BCUT2D eigenvalue weighted by Gasteiger charge is -2.30. The Morgan fingerprint density at radius 2 is 1.78 bits per heavy atom. The molecule has 0 rings (SSSR count). The van der Waals surface area contributed by atoms with Crippen LogP contribution in [0.5, 0.6) is 0 Å². The lowest BCUT2D eigenvalue weighted by atomic mass is 9.97. The Morgan fingerprint density at radius 1 is 1.11 bits per heavy atom. The van der Waals surface area contributed by atoms with Gasteiger partial charge in [-0.3, -0.25) is 4.79 Å². The second-order valence-electron chi connectivity index (χ2n) is 4.05. The number of esters is 2. The summed E-state index contributed by atoms with van der Waals surface area (Å²) < 4.78 is 15.5. The van der Waals surface area contributed by atoms with Gasteiger partial charge in [-0.05, 0) is 20.3 Å². The summed E-state index contributed by atoms with van der Waals surface area (Å²) in [6.07, 6.45) is 2.08. The molecule has 1 atom stereocenters. The Morgan fingerprint density at radius 3 is 2.22 bits per heavy atom. The van der Waals surface area contributed by atoms with E-state index in [0.717, 1.165) is 12.8 Å². The van der Waals surface area contributed by atoms with Crippen molar-refractivity contribution in [1.82, 2.24) is 0 Å². The van der Waals surface area contributed by atoms with Crippen LogP contribution in [0, 0.1) is 0 Å². The maximum Gasteiger partial charge on any atom is 0.353 e. The Balaban J connectivity index is 4.96. The third-order valence-corrected chi connectivity index (χ3v) is 2.46. The second kappa shape index (κ2) is 8.91. The molecule has 0 aliphatic heterocycles. The van der Waals surface area contributed by atoms with Crippen molar-refractivity contribution < 1.29 is 23.8 Å². The molecule has 0 aromatic rings. The highest BCUT2D eigenvalue weighted by molar-refractivity contribution is 5.83. The van der Waals surface area contributed by atoms with E-state index in [2.05, 4.69) is 0 Å². The Kier molecular flexibility index (Phi) is 8.37. The summed E-state index contributed by atoms with van der Waals surface area (Å²) in [5.74, 6) is -1.03. The molecule has 0 spiro atoms. The Bertz CT molecular complexity index is 254. The number of carbonyl (C=O) groups excluding carboxylic acids is 2. The van der Waals surface area contributed by atoms with Crippen LogP contribution in [0.3, 0.4) is 0 Å². The standard InChI is InChI=1S/C13H24O5/c1-5-8-9-13(10-16-6-2,18-11(4)14)12(15)17-7-3/h5-10H2,1-4H3. The molecule has 5 nitrogen and oxygen atoms in total. The topological polar surface area (TPSA) is 61.8 Å². The Hall–Kier alpha value is -1.10. The average Bonchev–Trinajstić information content (AvgIpc) is 2.32. The van der Waals surface area contributed by atoms with Gasteiger partial charge in [-0.25, -0.2) is 4.79 Å². The van der Waals surface area contributed by atoms with Gasteiger partial charge in [0, 0.05) is 20.0 Å². The molecule has 1 unspecified atom stereocenters. The molecule has 0 amide bonds. The number of rotatable bonds is 9. The molecular weight excluding hydrogens is 236 g/mol. The molecule has 18 heavy (non-hydrogen) atoms. The molecule has 0 bridgehead atoms. The summed E-state index contributed by atoms with van der Waals surface area (Å²) in [5, 5.41) is 0. The smallest absolute Gasteiger partial charge is 0.353 e. The molecule has 0 aromatic heterocycles. The fourth-order valence-corrected chi connectivity index (χ4v) is 1.62. The van der Waals surface area contributed by atoms with E-state index in [1.807, 2.05) is 13.8 Å². The maximum absolute atomic E-state index is 12.0. The molecular formula is C13H24O5. The molecule has 0 N–H and O–H groups in total. The molecule has 0 saturated carbocycles. The van der Waals surface area contributed by atoms with Gasteiger partial charge in [-0.1, -0.05) is 13.3 Å². The zero-order valence-corrected chi connectivity index (χ0v) is 11.8. The monoisotopic (exact) mass is 260 g/mol. The summed E-state index contributed by atoms with van der Waals surface area (Å²) in [6.45, 7) is 7.58. The first-order valence-corrected chi connectivity index (χ1v) is 6.47. The zero-order valence-electron chi connectivity index (χ0n) is 11.8. The molecule has 5 heteroatoms. The SMILES string of the molecule is CCCCC(COCC)(OC(C)=O)C(=O)OCC. The van der Waals surface area contributed by atoms with E-state index in [9.17, 15) is 9.59 Å². The highest BCUT2D eigenvalue weighted by atomic mass is 16.6.